The summed E-state index contributed by atoms with van der Waals surface area (Å²) >= 11 is 0. The number of fused-ring (bicyclic) bond motifs is 3. The highest BCUT2D eigenvalue weighted by molar-refractivity contribution is 6.08. The zero-order chi connectivity index (χ0) is 14.8. The first-order valence-corrected chi connectivity index (χ1v) is 7.08. The van der Waals surface area contributed by atoms with Gasteiger partial charge in [-0.3, -0.25) is 4.79 Å². The molecule has 0 radical (unpaired) electrons. The molecule has 0 saturated heterocycles. The van der Waals surface area contributed by atoms with Gasteiger partial charge in [0, 0.05) is 17.2 Å². The maximum atomic E-state index is 11.5. The predicted octanol–water partition coefficient (Wildman–Crippen LogP) is 3.40. The van der Waals surface area contributed by atoms with Gasteiger partial charge in [0.1, 0.15) is 5.58 Å². The minimum Gasteiger partial charge on any atom is -0.452 e. The molecule has 0 fully saturated rings. The summed E-state index contributed by atoms with van der Waals surface area (Å²) in [4.78, 5) is 11.5. The van der Waals surface area contributed by atoms with Gasteiger partial charge in [-0.05, 0) is 24.6 Å². The Morgan fingerprint density at radius 2 is 1.86 bits per heavy atom. The lowest BCUT2D eigenvalue weighted by atomic mass is 10.1. The third kappa shape index (κ3) is 2.38. The van der Waals surface area contributed by atoms with E-state index in [1.807, 2.05) is 30.3 Å². The van der Waals surface area contributed by atoms with Gasteiger partial charge in [-0.1, -0.05) is 37.3 Å². The lowest BCUT2D eigenvalue weighted by Crippen LogP contribution is -2.05. The molecule has 0 aliphatic rings. The molecule has 0 saturated carbocycles. The van der Waals surface area contributed by atoms with Gasteiger partial charge in [0.05, 0.1) is 0 Å². The number of hydrogen-bond donors (Lipinski definition) is 1. The molecule has 108 valence electrons. The van der Waals surface area contributed by atoms with Gasteiger partial charge in [-0.2, -0.15) is 0 Å². The average molecular weight is 283 g/mol. The van der Waals surface area contributed by atoms with Crippen LogP contribution >= 0.6 is 0 Å². The lowest BCUT2D eigenvalue weighted by molar-refractivity contribution is -0.133. The van der Waals surface area contributed by atoms with E-state index in [1.165, 1.54) is 0 Å². The molecular formula is C17H17NO3. The third-order valence-corrected chi connectivity index (χ3v) is 3.50. The number of ether oxygens (including phenoxy) is 1. The van der Waals surface area contributed by atoms with Gasteiger partial charge in [0.2, 0.25) is 0 Å². The Bertz CT molecular complexity index is 804. The largest absolute Gasteiger partial charge is 0.452 e. The molecule has 0 aliphatic heterocycles. The number of hydrogen-bond acceptors (Lipinski definition) is 4. The van der Waals surface area contributed by atoms with Crippen LogP contribution in [-0.2, 0) is 11.2 Å². The molecule has 21 heavy (non-hydrogen) atoms. The van der Waals surface area contributed by atoms with Crippen molar-refractivity contribution in [2.24, 2.45) is 5.73 Å². The molecule has 0 amide bonds. The zero-order valence-corrected chi connectivity index (χ0v) is 11.9. The van der Waals surface area contributed by atoms with Crippen LogP contribution in [0.25, 0.3) is 21.9 Å². The van der Waals surface area contributed by atoms with Crippen molar-refractivity contribution in [2.75, 3.05) is 6.54 Å². The second kappa shape index (κ2) is 5.58. The van der Waals surface area contributed by atoms with Crippen molar-refractivity contribution in [1.82, 2.24) is 0 Å². The average Bonchev–Trinajstić information content (AvgIpc) is 2.88. The number of para-hydroxylation sites is 2. The SMILES string of the molecule is CCC(=O)Oc1cccc2c1oc1c(CCN)cccc12. The fourth-order valence-corrected chi connectivity index (χ4v) is 2.48. The highest BCUT2D eigenvalue weighted by atomic mass is 16.5. The minimum atomic E-state index is -0.273. The Morgan fingerprint density at radius 3 is 2.57 bits per heavy atom. The fraction of sp³-hybridized carbons (Fsp3) is 0.235. The number of furan rings is 1. The minimum absolute atomic E-state index is 0.273. The van der Waals surface area contributed by atoms with Crippen LogP contribution in [0.1, 0.15) is 18.9 Å². The topological polar surface area (TPSA) is 65.5 Å². The van der Waals surface area contributed by atoms with Crippen molar-refractivity contribution in [3.63, 3.8) is 0 Å². The molecule has 1 heterocycles. The zero-order valence-electron chi connectivity index (χ0n) is 11.9. The summed E-state index contributed by atoms with van der Waals surface area (Å²) in [5, 5.41) is 1.97. The highest BCUT2D eigenvalue weighted by Gasteiger charge is 2.15. The first-order chi connectivity index (χ1) is 10.2. The summed E-state index contributed by atoms with van der Waals surface area (Å²) in [5.74, 6) is 0.194. The molecule has 3 rings (SSSR count). The van der Waals surface area contributed by atoms with E-state index in [1.54, 1.807) is 13.0 Å². The first kappa shape index (κ1) is 13.6. The van der Waals surface area contributed by atoms with Crippen molar-refractivity contribution in [3.8, 4) is 5.75 Å². The number of carbonyl (C=O) groups excluding carboxylic acids is 1. The molecule has 3 aromatic rings. The molecule has 0 bridgehead atoms. The Labute approximate surface area is 122 Å². The third-order valence-electron chi connectivity index (χ3n) is 3.50. The maximum Gasteiger partial charge on any atom is 0.311 e. The van der Waals surface area contributed by atoms with E-state index in [9.17, 15) is 4.79 Å². The van der Waals surface area contributed by atoms with Gasteiger partial charge in [0.25, 0.3) is 0 Å². The fourth-order valence-electron chi connectivity index (χ4n) is 2.48. The smallest absolute Gasteiger partial charge is 0.311 e. The molecule has 4 nitrogen and oxygen atoms in total. The Morgan fingerprint density at radius 1 is 1.14 bits per heavy atom. The Hall–Kier alpha value is -2.33. The summed E-state index contributed by atoms with van der Waals surface area (Å²) in [5.41, 5.74) is 8.14. The molecular weight excluding hydrogens is 266 g/mol. The number of carbonyl (C=O) groups is 1. The monoisotopic (exact) mass is 283 g/mol. The summed E-state index contributed by atoms with van der Waals surface area (Å²) in [6.07, 6.45) is 1.08. The molecule has 0 spiro atoms. The number of nitrogens with two attached hydrogens (primary N) is 1. The van der Waals surface area contributed by atoms with Crippen LogP contribution in [-0.4, -0.2) is 12.5 Å². The number of benzene rings is 2. The van der Waals surface area contributed by atoms with Gasteiger partial charge < -0.3 is 14.9 Å². The van der Waals surface area contributed by atoms with Gasteiger partial charge in [-0.25, -0.2) is 0 Å². The van der Waals surface area contributed by atoms with Crippen LogP contribution in [0.4, 0.5) is 0 Å². The van der Waals surface area contributed by atoms with Crippen LogP contribution in [0.3, 0.4) is 0 Å². The first-order valence-electron chi connectivity index (χ1n) is 7.08. The molecule has 1 aromatic heterocycles. The predicted molar refractivity (Wildman–Crippen MR) is 82.4 cm³/mol. The second-order valence-electron chi connectivity index (χ2n) is 4.90. The van der Waals surface area contributed by atoms with Crippen molar-refractivity contribution in [1.29, 1.82) is 0 Å². The van der Waals surface area contributed by atoms with Crippen molar-refractivity contribution in [3.05, 3.63) is 42.0 Å². The molecule has 0 unspecified atom stereocenters. The molecule has 0 aliphatic carbocycles. The maximum absolute atomic E-state index is 11.5. The van der Waals surface area contributed by atoms with E-state index in [4.69, 9.17) is 14.9 Å². The van der Waals surface area contributed by atoms with Crippen LogP contribution in [0.5, 0.6) is 5.75 Å². The van der Waals surface area contributed by atoms with E-state index < -0.39 is 0 Å². The summed E-state index contributed by atoms with van der Waals surface area (Å²) in [6.45, 7) is 2.33. The van der Waals surface area contributed by atoms with Gasteiger partial charge in [-0.15, -0.1) is 0 Å². The van der Waals surface area contributed by atoms with Crippen LogP contribution in [0.15, 0.2) is 40.8 Å². The van der Waals surface area contributed by atoms with Gasteiger partial charge >= 0.3 is 5.97 Å². The Balaban J connectivity index is 2.22. The van der Waals surface area contributed by atoms with E-state index in [0.29, 0.717) is 24.3 Å². The summed E-state index contributed by atoms with van der Waals surface area (Å²) in [6, 6.07) is 11.6. The molecule has 4 heteroatoms. The summed E-state index contributed by atoms with van der Waals surface area (Å²) < 4.78 is 11.3. The van der Waals surface area contributed by atoms with Crippen LogP contribution in [0.2, 0.25) is 0 Å². The second-order valence-corrected chi connectivity index (χ2v) is 4.90. The molecule has 2 N–H and O–H groups in total. The van der Waals surface area contributed by atoms with Gasteiger partial charge in [0.15, 0.2) is 11.3 Å². The molecule has 0 atom stereocenters. The summed E-state index contributed by atoms with van der Waals surface area (Å²) in [7, 11) is 0. The normalized spacial score (nSPS) is 11.1. The van der Waals surface area contributed by atoms with Crippen LogP contribution < -0.4 is 10.5 Å². The van der Waals surface area contributed by atoms with Crippen molar-refractivity contribution in [2.45, 2.75) is 19.8 Å². The standard InChI is InChI=1S/C17H17NO3/c1-2-15(19)20-14-8-4-7-13-12-6-3-5-11(9-10-18)16(12)21-17(13)14/h3-8H,2,9-10,18H2,1H3. The molecule has 2 aromatic carbocycles. The number of rotatable bonds is 4. The van der Waals surface area contributed by atoms with E-state index >= 15 is 0 Å². The highest BCUT2D eigenvalue weighted by Crippen LogP contribution is 2.36. The van der Waals surface area contributed by atoms with Crippen molar-refractivity contribution >= 4 is 27.9 Å². The quantitative estimate of drug-likeness (QED) is 0.588. The number of esters is 1. The lowest BCUT2D eigenvalue weighted by Gasteiger charge is -2.02. The van der Waals surface area contributed by atoms with E-state index in [2.05, 4.69) is 0 Å². The van der Waals surface area contributed by atoms with Crippen LogP contribution in [0, 0.1) is 0 Å². The van der Waals surface area contributed by atoms with E-state index in [-0.39, 0.29) is 5.97 Å². The van der Waals surface area contributed by atoms with Crippen molar-refractivity contribution < 1.29 is 13.9 Å². The Kier molecular flexibility index (Phi) is 3.62. The van der Waals surface area contributed by atoms with E-state index in [0.717, 1.165) is 28.3 Å².